The average Bonchev–Trinajstić information content (AvgIpc) is 2.18. The third kappa shape index (κ3) is 4.54. The van der Waals surface area contributed by atoms with E-state index in [0.717, 1.165) is 10.9 Å². The molecule has 0 bridgehead atoms. The second kappa shape index (κ2) is 7.26. The fourth-order valence-electron chi connectivity index (χ4n) is 1.43. The monoisotopic (exact) mass is 291 g/mol. The summed E-state index contributed by atoms with van der Waals surface area (Å²) < 4.78 is 1.15. The molecule has 0 spiro atoms. The van der Waals surface area contributed by atoms with Gasteiger partial charge in [-0.25, -0.2) is 0 Å². The zero-order valence-electron chi connectivity index (χ0n) is 9.29. The predicted octanol–water partition coefficient (Wildman–Crippen LogP) is 4.37. The number of rotatable bonds is 4. The van der Waals surface area contributed by atoms with Gasteiger partial charge in [0.05, 0.1) is 0 Å². The minimum atomic E-state index is 0. The van der Waals surface area contributed by atoms with E-state index in [0.29, 0.717) is 0 Å². The first kappa shape index (κ1) is 14.9. The van der Waals surface area contributed by atoms with Crippen molar-refractivity contribution in [3.8, 4) is 0 Å². The van der Waals surface area contributed by atoms with Gasteiger partial charge in [0.15, 0.2) is 0 Å². The van der Waals surface area contributed by atoms with E-state index in [2.05, 4.69) is 48.0 Å². The van der Waals surface area contributed by atoms with Crippen LogP contribution in [0.25, 0.3) is 0 Å². The molecule has 0 heterocycles. The molecule has 0 aliphatic heterocycles. The number of benzene rings is 1. The highest BCUT2D eigenvalue weighted by atomic mass is 79.9. The fraction of sp³-hybridized carbons (Fsp3) is 0.500. The van der Waals surface area contributed by atoms with Gasteiger partial charge in [-0.1, -0.05) is 47.8 Å². The molecule has 0 aromatic heterocycles. The first-order chi connectivity index (χ1) is 6.65. The Bertz CT molecular complexity index is 302. The number of aryl methyl sites for hydroxylation is 1. The van der Waals surface area contributed by atoms with Gasteiger partial charge in [0.2, 0.25) is 0 Å². The molecule has 3 heteroatoms. The summed E-state index contributed by atoms with van der Waals surface area (Å²) in [5, 5.41) is 0. The van der Waals surface area contributed by atoms with Crippen molar-refractivity contribution < 1.29 is 0 Å². The molecule has 0 saturated carbocycles. The van der Waals surface area contributed by atoms with Gasteiger partial charge in [-0.15, -0.1) is 12.4 Å². The van der Waals surface area contributed by atoms with Crippen LogP contribution < -0.4 is 5.73 Å². The summed E-state index contributed by atoms with van der Waals surface area (Å²) >= 11 is 3.53. The summed E-state index contributed by atoms with van der Waals surface area (Å²) in [7, 11) is 0. The van der Waals surface area contributed by atoms with Crippen molar-refractivity contribution in [3.63, 3.8) is 0 Å². The Hall–Kier alpha value is -0.0500. The molecule has 15 heavy (non-hydrogen) atoms. The molecule has 1 atom stereocenters. The van der Waals surface area contributed by atoms with Crippen molar-refractivity contribution in [1.82, 2.24) is 0 Å². The molecule has 1 nitrogen and oxygen atoms in total. The van der Waals surface area contributed by atoms with Crippen LogP contribution in [-0.4, -0.2) is 0 Å². The quantitative estimate of drug-likeness (QED) is 0.876. The first-order valence-corrected chi connectivity index (χ1v) is 5.96. The molecular weight excluding hydrogens is 273 g/mol. The van der Waals surface area contributed by atoms with Gasteiger partial charge in [-0.05, 0) is 30.5 Å². The molecular formula is C12H19BrClN. The molecule has 0 amide bonds. The third-order valence-electron chi connectivity index (χ3n) is 2.49. The van der Waals surface area contributed by atoms with E-state index < -0.39 is 0 Å². The van der Waals surface area contributed by atoms with E-state index in [1.165, 1.54) is 24.0 Å². The normalized spacial score (nSPS) is 12.0. The summed E-state index contributed by atoms with van der Waals surface area (Å²) in [6.07, 6.45) is 3.49. The lowest BCUT2D eigenvalue weighted by molar-refractivity contribution is 0.603. The van der Waals surface area contributed by atoms with Gasteiger partial charge < -0.3 is 5.73 Å². The largest absolute Gasteiger partial charge is 0.324 e. The second-order valence-electron chi connectivity index (χ2n) is 3.76. The van der Waals surface area contributed by atoms with Gasteiger partial charge in [0.1, 0.15) is 0 Å². The molecule has 0 aliphatic carbocycles. The molecule has 1 aromatic carbocycles. The summed E-state index contributed by atoms with van der Waals surface area (Å²) in [5.41, 5.74) is 8.57. The van der Waals surface area contributed by atoms with Crippen LogP contribution in [0.3, 0.4) is 0 Å². The van der Waals surface area contributed by atoms with Crippen molar-refractivity contribution in [1.29, 1.82) is 0 Å². The van der Waals surface area contributed by atoms with Gasteiger partial charge in [-0.2, -0.15) is 0 Å². The van der Waals surface area contributed by atoms with E-state index in [-0.39, 0.29) is 18.4 Å². The summed E-state index contributed by atoms with van der Waals surface area (Å²) in [6, 6.07) is 6.56. The summed E-state index contributed by atoms with van der Waals surface area (Å²) in [5.74, 6) is 0. The lowest BCUT2D eigenvalue weighted by Crippen LogP contribution is -2.09. The van der Waals surface area contributed by atoms with Gasteiger partial charge in [0, 0.05) is 10.5 Å². The van der Waals surface area contributed by atoms with Crippen molar-refractivity contribution in [2.75, 3.05) is 0 Å². The highest BCUT2D eigenvalue weighted by molar-refractivity contribution is 9.10. The lowest BCUT2D eigenvalue weighted by atomic mass is 10.0. The van der Waals surface area contributed by atoms with Gasteiger partial charge in [0.25, 0.3) is 0 Å². The first-order valence-electron chi connectivity index (χ1n) is 5.16. The fourth-order valence-corrected chi connectivity index (χ4v) is 1.83. The Balaban J connectivity index is 0.00000196. The maximum absolute atomic E-state index is 6.08. The van der Waals surface area contributed by atoms with Crippen LogP contribution in [0.4, 0.5) is 0 Å². The van der Waals surface area contributed by atoms with Crippen LogP contribution in [0, 0.1) is 6.92 Å². The molecule has 0 fully saturated rings. The summed E-state index contributed by atoms with van der Waals surface area (Å²) in [6.45, 7) is 4.28. The van der Waals surface area contributed by atoms with Crippen LogP contribution in [0.1, 0.15) is 43.4 Å². The van der Waals surface area contributed by atoms with E-state index >= 15 is 0 Å². The number of hydrogen-bond donors (Lipinski definition) is 1. The maximum Gasteiger partial charge on any atom is 0.0295 e. The van der Waals surface area contributed by atoms with Crippen molar-refractivity contribution >= 4 is 28.3 Å². The molecule has 0 unspecified atom stereocenters. The Kier molecular flexibility index (Phi) is 7.24. The van der Waals surface area contributed by atoms with Crippen molar-refractivity contribution in [2.45, 2.75) is 39.2 Å². The standard InChI is InChI=1S/C12H18BrN.ClH/c1-3-4-5-12(14)10-7-6-9(2)11(13)8-10;/h6-8,12H,3-5,14H2,1-2H3;1H/t12-;/m1./s1. The minimum Gasteiger partial charge on any atom is -0.324 e. The average molecular weight is 293 g/mol. The molecule has 0 aliphatic rings. The van der Waals surface area contributed by atoms with Crippen LogP contribution in [-0.2, 0) is 0 Å². The third-order valence-corrected chi connectivity index (χ3v) is 3.35. The number of halogens is 2. The highest BCUT2D eigenvalue weighted by Crippen LogP contribution is 2.23. The minimum absolute atomic E-state index is 0. The van der Waals surface area contributed by atoms with E-state index in [4.69, 9.17) is 5.73 Å². The molecule has 1 aromatic rings. The van der Waals surface area contributed by atoms with E-state index in [1.807, 2.05) is 0 Å². The Labute approximate surface area is 107 Å². The Morgan fingerprint density at radius 2 is 2.07 bits per heavy atom. The SMILES string of the molecule is CCCC[C@@H](N)c1ccc(C)c(Br)c1.Cl. The molecule has 0 saturated heterocycles. The van der Waals surface area contributed by atoms with Crippen molar-refractivity contribution in [3.05, 3.63) is 33.8 Å². The Morgan fingerprint density at radius 1 is 1.40 bits per heavy atom. The summed E-state index contributed by atoms with van der Waals surface area (Å²) in [4.78, 5) is 0. The maximum atomic E-state index is 6.08. The Morgan fingerprint density at radius 3 is 2.60 bits per heavy atom. The smallest absolute Gasteiger partial charge is 0.0295 e. The van der Waals surface area contributed by atoms with Gasteiger partial charge in [-0.3, -0.25) is 0 Å². The van der Waals surface area contributed by atoms with Crippen LogP contribution in [0.2, 0.25) is 0 Å². The van der Waals surface area contributed by atoms with Gasteiger partial charge >= 0.3 is 0 Å². The van der Waals surface area contributed by atoms with Crippen LogP contribution >= 0.6 is 28.3 Å². The van der Waals surface area contributed by atoms with E-state index in [9.17, 15) is 0 Å². The highest BCUT2D eigenvalue weighted by Gasteiger charge is 2.06. The zero-order chi connectivity index (χ0) is 10.6. The van der Waals surface area contributed by atoms with Crippen LogP contribution in [0.5, 0.6) is 0 Å². The number of hydrogen-bond acceptors (Lipinski definition) is 1. The predicted molar refractivity (Wildman–Crippen MR) is 72.6 cm³/mol. The number of unbranched alkanes of at least 4 members (excludes halogenated alkanes) is 1. The zero-order valence-corrected chi connectivity index (χ0v) is 11.7. The topological polar surface area (TPSA) is 26.0 Å². The second-order valence-corrected chi connectivity index (χ2v) is 4.61. The van der Waals surface area contributed by atoms with Crippen molar-refractivity contribution in [2.24, 2.45) is 5.73 Å². The molecule has 86 valence electrons. The van der Waals surface area contributed by atoms with E-state index in [1.54, 1.807) is 0 Å². The number of nitrogens with two attached hydrogens (primary N) is 1. The molecule has 0 radical (unpaired) electrons. The molecule has 1 rings (SSSR count). The lowest BCUT2D eigenvalue weighted by Gasteiger charge is -2.12. The molecule has 2 N–H and O–H groups in total. The van der Waals surface area contributed by atoms with Crippen LogP contribution in [0.15, 0.2) is 22.7 Å².